The van der Waals surface area contributed by atoms with Crippen LogP contribution in [0.3, 0.4) is 0 Å². The third kappa shape index (κ3) is 11.7. The highest BCUT2D eigenvalue weighted by molar-refractivity contribution is 5.68. The van der Waals surface area contributed by atoms with E-state index >= 15 is 0 Å². The van der Waals surface area contributed by atoms with Crippen LogP contribution < -0.4 is 0 Å². The minimum absolute atomic E-state index is 0.0978. The van der Waals surface area contributed by atoms with E-state index in [0.717, 1.165) is 38.5 Å². The third-order valence-electron chi connectivity index (χ3n) is 3.02. The fourth-order valence-electron chi connectivity index (χ4n) is 1.94. The van der Waals surface area contributed by atoms with Crippen molar-refractivity contribution in [2.45, 2.75) is 77.2 Å². The van der Waals surface area contributed by atoms with Crippen LogP contribution in [0.4, 0.5) is 0 Å². The van der Waals surface area contributed by atoms with Gasteiger partial charge >= 0.3 is 5.97 Å². The number of esters is 1. The Kier molecular flexibility index (Phi) is 11.5. The minimum Gasteiger partial charge on any atom is -0.469 e. The van der Waals surface area contributed by atoms with Crippen LogP contribution in [-0.2, 0) is 9.53 Å². The van der Waals surface area contributed by atoms with Crippen LogP contribution in [-0.4, -0.2) is 24.3 Å². The lowest BCUT2D eigenvalue weighted by atomic mass is 10.0. The van der Waals surface area contributed by atoms with Crippen molar-refractivity contribution in [3.8, 4) is 0 Å². The van der Waals surface area contributed by atoms with E-state index in [9.17, 15) is 9.90 Å². The Hall–Kier alpha value is -0.570. The predicted octanol–water partition coefficient (Wildman–Crippen LogP) is 3.44. The van der Waals surface area contributed by atoms with Gasteiger partial charge in [-0.05, 0) is 19.3 Å². The van der Waals surface area contributed by atoms with E-state index in [0.29, 0.717) is 6.42 Å². The highest BCUT2D eigenvalue weighted by atomic mass is 16.5. The summed E-state index contributed by atoms with van der Waals surface area (Å²) in [6.07, 6.45) is 10.1. The van der Waals surface area contributed by atoms with E-state index < -0.39 is 0 Å². The summed E-state index contributed by atoms with van der Waals surface area (Å²) in [6.45, 7) is 2.10. The molecule has 0 aliphatic rings. The number of hydrogen-bond donors (Lipinski definition) is 1. The van der Waals surface area contributed by atoms with Crippen LogP contribution in [0.2, 0.25) is 0 Å². The van der Waals surface area contributed by atoms with Crippen LogP contribution in [0.25, 0.3) is 0 Å². The monoisotopic (exact) mass is 244 g/mol. The smallest absolute Gasteiger partial charge is 0.305 e. The molecule has 0 amide bonds. The molecule has 0 radical (unpaired) electrons. The number of hydrogen-bond acceptors (Lipinski definition) is 3. The second kappa shape index (κ2) is 11.9. The van der Waals surface area contributed by atoms with E-state index in [1.807, 2.05) is 0 Å². The lowest BCUT2D eigenvalue weighted by molar-refractivity contribution is -0.140. The van der Waals surface area contributed by atoms with Gasteiger partial charge < -0.3 is 9.84 Å². The molecular weight excluding hydrogens is 216 g/mol. The number of carbonyl (C=O) groups is 1. The molecule has 0 heterocycles. The van der Waals surface area contributed by atoms with Crippen molar-refractivity contribution < 1.29 is 14.6 Å². The largest absolute Gasteiger partial charge is 0.469 e. The molecule has 0 aromatic rings. The quantitative estimate of drug-likeness (QED) is 0.447. The number of aliphatic hydroxyl groups excluding tert-OH is 1. The summed E-state index contributed by atoms with van der Waals surface area (Å²) in [6, 6.07) is 0. The fourth-order valence-corrected chi connectivity index (χ4v) is 1.94. The average molecular weight is 244 g/mol. The molecule has 17 heavy (non-hydrogen) atoms. The lowest BCUT2D eigenvalue weighted by Crippen LogP contribution is -2.04. The van der Waals surface area contributed by atoms with Gasteiger partial charge in [0.2, 0.25) is 0 Å². The molecule has 1 atom stereocenters. The first-order valence-corrected chi connectivity index (χ1v) is 6.95. The number of carbonyl (C=O) groups excluding carboxylic acids is 1. The van der Waals surface area contributed by atoms with Gasteiger partial charge in [0.25, 0.3) is 0 Å². The number of ether oxygens (including phenoxy) is 1. The summed E-state index contributed by atoms with van der Waals surface area (Å²) in [5.41, 5.74) is 0. The van der Waals surface area contributed by atoms with Gasteiger partial charge in [0.05, 0.1) is 13.2 Å². The third-order valence-corrected chi connectivity index (χ3v) is 3.02. The first-order valence-electron chi connectivity index (χ1n) is 6.95. The average Bonchev–Trinajstić information content (AvgIpc) is 2.32. The molecule has 0 saturated carbocycles. The van der Waals surface area contributed by atoms with E-state index in [1.165, 1.54) is 26.4 Å². The number of rotatable bonds is 11. The Balaban J connectivity index is 3.11. The zero-order valence-corrected chi connectivity index (χ0v) is 11.4. The van der Waals surface area contributed by atoms with Gasteiger partial charge in [-0.1, -0.05) is 45.4 Å². The topological polar surface area (TPSA) is 46.5 Å². The van der Waals surface area contributed by atoms with Gasteiger partial charge in [0.15, 0.2) is 0 Å². The number of methoxy groups -OCH3 is 1. The Morgan fingerprint density at radius 1 is 1.06 bits per heavy atom. The van der Waals surface area contributed by atoms with Crippen LogP contribution in [0.1, 0.15) is 71.1 Å². The van der Waals surface area contributed by atoms with Gasteiger partial charge in [-0.3, -0.25) is 4.79 Å². The number of aliphatic hydroxyl groups is 1. The molecule has 3 nitrogen and oxygen atoms in total. The normalized spacial score (nSPS) is 12.4. The second-order valence-corrected chi connectivity index (χ2v) is 4.68. The predicted molar refractivity (Wildman–Crippen MR) is 69.9 cm³/mol. The van der Waals surface area contributed by atoms with Crippen molar-refractivity contribution in [1.82, 2.24) is 0 Å². The van der Waals surface area contributed by atoms with Crippen LogP contribution in [0.5, 0.6) is 0 Å². The molecular formula is C14H28O3. The zero-order chi connectivity index (χ0) is 12.9. The molecule has 3 heteroatoms. The summed E-state index contributed by atoms with van der Waals surface area (Å²) in [7, 11) is 1.43. The number of unbranched alkanes of at least 4 members (excludes halogenated alkanes) is 5. The highest BCUT2D eigenvalue weighted by Gasteiger charge is 2.02. The molecule has 102 valence electrons. The Morgan fingerprint density at radius 2 is 1.65 bits per heavy atom. The molecule has 0 bridgehead atoms. The summed E-state index contributed by atoms with van der Waals surface area (Å²) < 4.78 is 4.58. The van der Waals surface area contributed by atoms with Crippen molar-refractivity contribution in [2.24, 2.45) is 0 Å². The first-order chi connectivity index (χ1) is 8.20. The summed E-state index contributed by atoms with van der Waals surface area (Å²) in [5, 5.41) is 9.53. The minimum atomic E-state index is -0.104. The Labute approximate surface area is 106 Å². The highest BCUT2D eigenvalue weighted by Crippen LogP contribution is 2.11. The molecule has 0 aliphatic heterocycles. The summed E-state index contributed by atoms with van der Waals surface area (Å²) >= 11 is 0. The molecule has 0 rings (SSSR count). The van der Waals surface area contributed by atoms with Crippen molar-refractivity contribution in [3.63, 3.8) is 0 Å². The fraction of sp³-hybridized carbons (Fsp3) is 0.929. The van der Waals surface area contributed by atoms with Gasteiger partial charge in [0, 0.05) is 6.42 Å². The van der Waals surface area contributed by atoms with E-state index in [4.69, 9.17) is 0 Å². The molecule has 0 aromatic heterocycles. The molecule has 1 unspecified atom stereocenters. The van der Waals surface area contributed by atoms with Gasteiger partial charge in [0.1, 0.15) is 0 Å². The van der Waals surface area contributed by atoms with Crippen LogP contribution >= 0.6 is 0 Å². The molecule has 0 aromatic carbocycles. The SMILES string of the molecule is CCCC(O)CCCCCCCCC(=O)OC. The van der Waals surface area contributed by atoms with Crippen molar-refractivity contribution in [2.75, 3.05) is 7.11 Å². The van der Waals surface area contributed by atoms with E-state index in [2.05, 4.69) is 11.7 Å². The zero-order valence-electron chi connectivity index (χ0n) is 11.4. The summed E-state index contributed by atoms with van der Waals surface area (Å²) in [5.74, 6) is -0.104. The lowest BCUT2D eigenvalue weighted by Gasteiger charge is -2.08. The van der Waals surface area contributed by atoms with Gasteiger partial charge in [-0.25, -0.2) is 0 Å². The Morgan fingerprint density at radius 3 is 2.24 bits per heavy atom. The Bertz CT molecular complexity index is 180. The van der Waals surface area contributed by atoms with Crippen LogP contribution in [0, 0.1) is 0 Å². The molecule has 0 saturated heterocycles. The van der Waals surface area contributed by atoms with Crippen molar-refractivity contribution >= 4 is 5.97 Å². The first kappa shape index (κ1) is 16.4. The van der Waals surface area contributed by atoms with Gasteiger partial charge in [-0.2, -0.15) is 0 Å². The van der Waals surface area contributed by atoms with Crippen molar-refractivity contribution in [1.29, 1.82) is 0 Å². The summed E-state index contributed by atoms with van der Waals surface area (Å²) in [4.78, 5) is 10.8. The van der Waals surface area contributed by atoms with Crippen molar-refractivity contribution in [3.05, 3.63) is 0 Å². The standard InChI is InChI=1S/C14H28O3/c1-3-10-13(15)11-8-6-4-5-7-9-12-14(16)17-2/h13,15H,3-12H2,1-2H3. The maximum atomic E-state index is 10.8. The molecule has 0 fully saturated rings. The van der Waals surface area contributed by atoms with Gasteiger partial charge in [-0.15, -0.1) is 0 Å². The van der Waals surface area contributed by atoms with E-state index in [1.54, 1.807) is 0 Å². The molecule has 0 spiro atoms. The molecule has 1 N–H and O–H groups in total. The second-order valence-electron chi connectivity index (χ2n) is 4.68. The van der Waals surface area contributed by atoms with Crippen LogP contribution in [0.15, 0.2) is 0 Å². The molecule has 0 aliphatic carbocycles. The van der Waals surface area contributed by atoms with E-state index in [-0.39, 0.29) is 12.1 Å². The maximum Gasteiger partial charge on any atom is 0.305 e. The maximum absolute atomic E-state index is 10.8.